The van der Waals surface area contributed by atoms with Crippen molar-refractivity contribution in [2.24, 2.45) is 0 Å². The van der Waals surface area contributed by atoms with Crippen LogP contribution in [0.15, 0.2) is 66.7 Å². The predicted octanol–water partition coefficient (Wildman–Crippen LogP) is 6.63. The number of benzene rings is 3. The Morgan fingerprint density at radius 2 is 1.69 bits per heavy atom. The van der Waals surface area contributed by atoms with Crippen molar-refractivity contribution in [1.82, 2.24) is 0 Å². The maximum atomic E-state index is 12.4. The Kier molecular flexibility index (Phi) is 8.42. The lowest BCUT2D eigenvalue weighted by atomic mass is 10.2. The molecule has 7 heteroatoms. The van der Waals surface area contributed by atoms with E-state index in [1.54, 1.807) is 49.6 Å². The molecule has 1 N–H and O–H groups in total. The molecule has 1 amide bonds. The SMILES string of the molecule is CCOc1ccccc1NC(=O)C=Cc1ccc(OCc2c(Cl)cccc2Cl)c(OC)c1. The minimum Gasteiger partial charge on any atom is -0.493 e. The highest BCUT2D eigenvalue weighted by Crippen LogP contribution is 2.32. The molecule has 0 aromatic heterocycles. The van der Waals surface area contributed by atoms with Gasteiger partial charge in [0, 0.05) is 21.7 Å². The van der Waals surface area contributed by atoms with Crippen molar-refractivity contribution < 1.29 is 19.0 Å². The fraction of sp³-hybridized carbons (Fsp3) is 0.160. The molecule has 0 bridgehead atoms. The van der Waals surface area contributed by atoms with E-state index in [0.717, 1.165) is 5.56 Å². The van der Waals surface area contributed by atoms with Gasteiger partial charge in [-0.1, -0.05) is 47.5 Å². The molecule has 0 spiro atoms. The Morgan fingerprint density at radius 1 is 0.938 bits per heavy atom. The van der Waals surface area contributed by atoms with Gasteiger partial charge in [-0.2, -0.15) is 0 Å². The molecule has 0 heterocycles. The minimum absolute atomic E-state index is 0.200. The van der Waals surface area contributed by atoms with Gasteiger partial charge in [0.25, 0.3) is 0 Å². The van der Waals surface area contributed by atoms with Crippen molar-refractivity contribution in [1.29, 1.82) is 0 Å². The molecule has 3 aromatic rings. The summed E-state index contributed by atoms with van der Waals surface area (Å²) in [4.78, 5) is 12.4. The van der Waals surface area contributed by atoms with Gasteiger partial charge in [0.15, 0.2) is 11.5 Å². The van der Waals surface area contributed by atoms with E-state index < -0.39 is 0 Å². The van der Waals surface area contributed by atoms with Gasteiger partial charge in [-0.25, -0.2) is 0 Å². The third kappa shape index (κ3) is 6.19. The summed E-state index contributed by atoms with van der Waals surface area (Å²) in [5, 5.41) is 3.89. The first-order chi connectivity index (χ1) is 15.5. The molecule has 0 aliphatic heterocycles. The molecule has 0 atom stereocenters. The predicted molar refractivity (Wildman–Crippen MR) is 129 cm³/mol. The lowest BCUT2D eigenvalue weighted by molar-refractivity contribution is -0.111. The molecule has 0 unspecified atom stereocenters. The summed E-state index contributed by atoms with van der Waals surface area (Å²) in [7, 11) is 1.55. The number of ether oxygens (including phenoxy) is 3. The van der Waals surface area contributed by atoms with Gasteiger partial charge in [-0.05, 0) is 55.0 Å². The molecule has 0 aliphatic carbocycles. The number of carbonyl (C=O) groups is 1. The fourth-order valence-electron chi connectivity index (χ4n) is 2.92. The summed E-state index contributed by atoms with van der Waals surface area (Å²) in [6.07, 6.45) is 3.14. The smallest absolute Gasteiger partial charge is 0.248 e. The first kappa shape index (κ1) is 23.5. The highest BCUT2D eigenvalue weighted by molar-refractivity contribution is 6.35. The second-order valence-electron chi connectivity index (χ2n) is 6.65. The first-order valence-electron chi connectivity index (χ1n) is 9.96. The molecular weight excluding hydrogens is 449 g/mol. The van der Waals surface area contributed by atoms with Crippen LogP contribution in [-0.4, -0.2) is 19.6 Å². The number of nitrogens with one attached hydrogen (secondary N) is 1. The van der Waals surface area contributed by atoms with Crippen molar-refractivity contribution in [3.8, 4) is 17.2 Å². The van der Waals surface area contributed by atoms with Crippen molar-refractivity contribution >= 4 is 40.9 Å². The number of rotatable bonds is 9. The van der Waals surface area contributed by atoms with E-state index in [0.29, 0.717) is 45.2 Å². The van der Waals surface area contributed by atoms with Crippen molar-refractivity contribution in [3.63, 3.8) is 0 Å². The summed E-state index contributed by atoms with van der Waals surface area (Å²) >= 11 is 12.4. The Labute approximate surface area is 197 Å². The van der Waals surface area contributed by atoms with Crippen molar-refractivity contribution in [2.45, 2.75) is 13.5 Å². The summed E-state index contributed by atoms with van der Waals surface area (Å²) in [6, 6.07) is 18.0. The molecular formula is C25H23Cl2NO4. The second kappa shape index (κ2) is 11.5. The van der Waals surface area contributed by atoms with Crippen LogP contribution >= 0.6 is 23.2 Å². The largest absolute Gasteiger partial charge is 0.493 e. The van der Waals surface area contributed by atoms with Gasteiger partial charge in [0.1, 0.15) is 12.4 Å². The monoisotopic (exact) mass is 471 g/mol. The van der Waals surface area contributed by atoms with E-state index >= 15 is 0 Å². The summed E-state index contributed by atoms with van der Waals surface area (Å²) in [6.45, 7) is 2.60. The summed E-state index contributed by atoms with van der Waals surface area (Å²) in [5.41, 5.74) is 2.09. The highest BCUT2D eigenvalue weighted by Gasteiger charge is 2.10. The number of halogens is 2. The molecule has 0 saturated carbocycles. The molecule has 3 rings (SSSR count). The van der Waals surface area contributed by atoms with E-state index in [1.165, 1.54) is 6.08 Å². The lowest BCUT2D eigenvalue weighted by Crippen LogP contribution is -2.09. The van der Waals surface area contributed by atoms with Gasteiger partial charge in [-0.15, -0.1) is 0 Å². The standard InChI is InChI=1S/C25H23Cl2NO4/c1-3-31-22-10-5-4-9-21(22)28-25(29)14-12-17-11-13-23(24(15-17)30-2)32-16-18-19(26)7-6-8-20(18)27/h4-15H,3,16H2,1-2H3,(H,28,29). The van der Waals surface area contributed by atoms with Crippen LogP contribution in [0.2, 0.25) is 10.0 Å². The van der Waals surface area contributed by atoms with E-state index in [4.69, 9.17) is 37.4 Å². The van der Waals surface area contributed by atoms with Gasteiger partial charge >= 0.3 is 0 Å². The van der Waals surface area contributed by atoms with Crippen LogP contribution in [0, 0.1) is 0 Å². The van der Waals surface area contributed by atoms with E-state index in [2.05, 4.69) is 5.32 Å². The third-order valence-corrected chi connectivity index (χ3v) is 5.20. The molecule has 0 radical (unpaired) electrons. The van der Waals surface area contributed by atoms with Crippen molar-refractivity contribution in [2.75, 3.05) is 19.0 Å². The summed E-state index contributed by atoms with van der Waals surface area (Å²) < 4.78 is 16.8. The van der Waals surface area contributed by atoms with Crippen molar-refractivity contribution in [3.05, 3.63) is 87.9 Å². The number of para-hydroxylation sites is 2. The molecule has 5 nitrogen and oxygen atoms in total. The zero-order chi connectivity index (χ0) is 22.9. The molecule has 0 fully saturated rings. The number of carbonyl (C=O) groups excluding carboxylic acids is 1. The van der Waals surface area contributed by atoms with Crippen LogP contribution in [0.5, 0.6) is 17.2 Å². The van der Waals surface area contributed by atoms with Gasteiger partial charge in [0.2, 0.25) is 5.91 Å². The minimum atomic E-state index is -0.273. The van der Waals surface area contributed by atoms with E-state index in [1.807, 2.05) is 31.2 Å². The number of hydrogen-bond donors (Lipinski definition) is 1. The number of anilines is 1. The van der Waals surface area contributed by atoms with Crippen LogP contribution in [0.4, 0.5) is 5.69 Å². The maximum Gasteiger partial charge on any atom is 0.248 e. The van der Waals surface area contributed by atoms with E-state index in [9.17, 15) is 4.79 Å². The van der Waals surface area contributed by atoms with Gasteiger partial charge in [-0.3, -0.25) is 4.79 Å². The summed E-state index contributed by atoms with van der Waals surface area (Å²) in [5.74, 6) is 1.41. The molecule has 0 saturated heterocycles. The topological polar surface area (TPSA) is 56.8 Å². The zero-order valence-electron chi connectivity index (χ0n) is 17.7. The zero-order valence-corrected chi connectivity index (χ0v) is 19.2. The second-order valence-corrected chi connectivity index (χ2v) is 7.47. The van der Waals surface area contributed by atoms with Crippen LogP contribution in [-0.2, 0) is 11.4 Å². The molecule has 32 heavy (non-hydrogen) atoms. The number of amides is 1. The van der Waals surface area contributed by atoms with Crippen LogP contribution in [0.3, 0.4) is 0 Å². The normalized spacial score (nSPS) is 10.8. The Morgan fingerprint density at radius 3 is 2.41 bits per heavy atom. The van der Waals surface area contributed by atoms with Crippen LogP contribution < -0.4 is 19.5 Å². The molecule has 166 valence electrons. The Bertz CT molecular complexity index is 1090. The maximum absolute atomic E-state index is 12.4. The van der Waals surface area contributed by atoms with Crippen LogP contribution in [0.1, 0.15) is 18.1 Å². The molecule has 3 aromatic carbocycles. The average Bonchev–Trinajstić information content (AvgIpc) is 2.79. The van der Waals surface area contributed by atoms with Gasteiger partial charge < -0.3 is 19.5 Å². The number of methoxy groups -OCH3 is 1. The van der Waals surface area contributed by atoms with Crippen LogP contribution in [0.25, 0.3) is 6.08 Å². The van der Waals surface area contributed by atoms with E-state index in [-0.39, 0.29) is 12.5 Å². The highest BCUT2D eigenvalue weighted by atomic mass is 35.5. The lowest BCUT2D eigenvalue weighted by Gasteiger charge is -2.13. The van der Waals surface area contributed by atoms with Gasteiger partial charge in [0.05, 0.1) is 19.4 Å². The quantitative estimate of drug-likeness (QED) is 0.355. The average molecular weight is 472 g/mol. The third-order valence-electron chi connectivity index (χ3n) is 4.49. The first-order valence-corrected chi connectivity index (χ1v) is 10.7. The Balaban J connectivity index is 1.67. The Hall–Kier alpha value is -3.15. The number of hydrogen-bond acceptors (Lipinski definition) is 4. The molecule has 0 aliphatic rings. The fourth-order valence-corrected chi connectivity index (χ4v) is 3.43.